The molecule has 0 nitrogen and oxygen atoms in total. The summed E-state index contributed by atoms with van der Waals surface area (Å²) in [6.45, 7) is 6.68. The van der Waals surface area contributed by atoms with Crippen LogP contribution in [0, 0.1) is 0 Å². The van der Waals surface area contributed by atoms with E-state index in [0.717, 1.165) is 5.25 Å². The Morgan fingerprint density at radius 1 is 1.14 bits per heavy atom. The second-order valence-corrected chi connectivity index (χ2v) is 5.27. The summed E-state index contributed by atoms with van der Waals surface area (Å²) in [7, 11) is 0. The van der Waals surface area contributed by atoms with E-state index in [1.54, 1.807) is 0 Å². The molecule has 0 amide bonds. The molecule has 1 unspecified atom stereocenters. The molecule has 0 rings (SSSR count). The third-order valence-electron chi connectivity index (χ3n) is 2.49. The molecule has 14 heavy (non-hydrogen) atoms. The van der Waals surface area contributed by atoms with Crippen LogP contribution in [0.15, 0.2) is 12.2 Å². The van der Waals surface area contributed by atoms with Gasteiger partial charge in [-0.3, -0.25) is 0 Å². The van der Waals surface area contributed by atoms with Gasteiger partial charge in [0.25, 0.3) is 0 Å². The van der Waals surface area contributed by atoms with Crippen molar-refractivity contribution in [3.8, 4) is 0 Å². The minimum Gasteiger partial charge on any atom is -0.159 e. The van der Waals surface area contributed by atoms with Crippen LogP contribution in [0.5, 0.6) is 0 Å². The quantitative estimate of drug-likeness (QED) is 0.382. The fraction of sp³-hybridized carbons (Fsp3) is 0.846. The molecule has 0 aromatic carbocycles. The van der Waals surface area contributed by atoms with Crippen molar-refractivity contribution < 1.29 is 0 Å². The Labute approximate surface area is 94.6 Å². The van der Waals surface area contributed by atoms with Gasteiger partial charge in [0.15, 0.2) is 0 Å². The molecule has 0 heterocycles. The van der Waals surface area contributed by atoms with Gasteiger partial charge in [-0.1, -0.05) is 38.8 Å². The van der Waals surface area contributed by atoms with Crippen LogP contribution in [-0.2, 0) is 0 Å². The van der Waals surface area contributed by atoms with E-state index in [-0.39, 0.29) is 0 Å². The van der Waals surface area contributed by atoms with Gasteiger partial charge in [-0.15, -0.1) is 0 Å². The molecule has 0 bridgehead atoms. The van der Waals surface area contributed by atoms with Crippen molar-refractivity contribution in [2.24, 2.45) is 0 Å². The maximum atomic E-state index is 2.31. The summed E-state index contributed by atoms with van der Waals surface area (Å²) in [5, 5.41) is 0.918. The van der Waals surface area contributed by atoms with Crippen molar-refractivity contribution in [2.45, 2.75) is 64.5 Å². The lowest BCUT2D eigenvalue weighted by molar-refractivity contribution is 0.621. The summed E-state index contributed by atoms with van der Waals surface area (Å²) < 4.78 is 0. The van der Waals surface area contributed by atoms with Crippen molar-refractivity contribution >= 4 is 11.8 Å². The summed E-state index contributed by atoms with van der Waals surface area (Å²) >= 11 is 2.13. The lowest BCUT2D eigenvalue weighted by Gasteiger charge is -2.12. The molecule has 0 aliphatic rings. The third kappa shape index (κ3) is 8.68. The Hall–Kier alpha value is 0.0900. The van der Waals surface area contributed by atoms with E-state index in [4.69, 9.17) is 0 Å². The van der Waals surface area contributed by atoms with Crippen molar-refractivity contribution in [1.82, 2.24) is 0 Å². The van der Waals surface area contributed by atoms with Gasteiger partial charge in [0, 0.05) is 5.25 Å². The Morgan fingerprint density at radius 2 is 1.93 bits per heavy atom. The largest absolute Gasteiger partial charge is 0.159 e. The first-order chi connectivity index (χ1) is 6.85. The van der Waals surface area contributed by atoms with Gasteiger partial charge < -0.3 is 0 Å². The number of rotatable bonds is 9. The number of unbranched alkanes of at least 4 members (excludes halogenated alkanes) is 3. The smallest absolute Gasteiger partial charge is 0.00443 e. The van der Waals surface area contributed by atoms with E-state index in [1.807, 2.05) is 0 Å². The Morgan fingerprint density at radius 3 is 2.50 bits per heavy atom. The number of hydrogen-bond acceptors (Lipinski definition) is 1. The van der Waals surface area contributed by atoms with Crippen LogP contribution in [0.25, 0.3) is 0 Å². The molecule has 1 atom stereocenters. The highest BCUT2D eigenvalue weighted by Gasteiger charge is 2.04. The minimum absolute atomic E-state index is 0.918. The highest BCUT2D eigenvalue weighted by molar-refractivity contribution is 7.99. The molecule has 0 aliphatic heterocycles. The first kappa shape index (κ1) is 14.1. The summed E-state index contributed by atoms with van der Waals surface area (Å²) in [6, 6.07) is 0. The summed E-state index contributed by atoms with van der Waals surface area (Å²) in [4.78, 5) is 0. The second kappa shape index (κ2) is 11.2. The zero-order chi connectivity index (χ0) is 10.6. The third-order valence-corrected chi connectivity index (χ3v) is 3.86. The average molecular weight is 214 g/mol. The van der Waals surface area contributed by atoms with Crippen LogP contribution < -0.4 is 0 Å². The Bertz CT molecular complexity index is 129. The van der Waals surface area contributed by atoms with E-state index in [9.17, 15) is 0 Å². The number of thioether (sulfide) groups is 1. The fourth-order valence-electron chi connectivity index (χ4n) is 1.62. The van der Waals surface area contributed by atoms with Crippen LogP contribution in [0.2, 0.25) is 0 Å². The van der Waals surface area contributed by atoms with E-state index < -0.39 is 0 Å². The molecular formula is C13H26S. The summed E-state index contributed by atoms with van der Waals surface area (Å²) in [5.41, 5.74) is 0. The molecule has 0 aliphatic carbocycles. The highest BCUT2D eigenvalue weighted by atomic mass is 32.2. The SMILES string of the molecule is C/C=C/CCCCCC(CC)SCC. The van der Waals surface area contributed by atoms with Gasteiger partial charge in [0.05, 0.1) is 0 Å². The molecule has 0 spiro atoms. The van der Waals surface area contributed by atoms with E-state index in [0.29, 0.717) is 0 Å². The fourth-order valence-corrected chi connectivity index (χ4v) is 2.66. The number of allylic oxidation sites excluding steroid dienone is 2. The Kier molecular flexibility index (Phi) is 11.2. The molecule has 0 fully saturated rings. The molecule has 0 N–H and O–H groups in total. The van der Waals surface area contributed by atoms with E-state index >= 15 is 0 Å². The number of hydrogen-bond donors (Lipinski definition) is 0. The van der Waals surface area contributed by atoms with E-state index in [2.05, 4.69) is 44.7 Å². The lowest BCUT2D eigenvalue weighted by Crippen LogP contribution is -2.00. The molecule has 0 saturated heterocycles. The van der Waals surface area contributed by atoms with Gasteiger partial charge in [0.1, 0.15) is 0 Å². The Balaban J connectivity index is 3.23. The molecule has 0 aromatic heterocycles. The standard InChI is InChI=1S/C13H26S/c1-4-7-8-9-10-11-12-13(5-2)14-6-3/h4,7,13H,5-6,8-12H2,1-3H3/b7-4+. The van der Waals surface area contributed by atoms with Crippen LogP contribution in [-0.4, -0.2) is 11.0 Å². The van der Waals surface area contributed by atoms with Crippen LogP contribution in [0.3, 0.4) is 0 Å². The van der Waals surface area contributed by atoms with Gasteiger partial charge in [-0.2, -0.15) is 11.8 Å². The molecule has 0 radical (unpaired) electrons. The maximum absolute atomic E-state index is 2.31. The normalized spacial score (nSPS) is 13.6. The van der Waals surface area contributed by atoms with Crippen molar-refractivity contribution in [2.75, 3.05) is 5.75 Å². The van der Waals surface area contributed by atoms with Crippen LogP contribution in [0.4, 0.5) is 0 Å². The average Bonchev–Trinajstić information content (AvgIpc) is 2.21. The zero-order valence-electron chi connectivity index (χ0n) is 10.1. The van der Waals surface area contributed by atoms with Crippen molar-refractivity contribution in [3.63, 3.8) is 0 Å². The van der Waals surface area contributed by atoms with Gasteiger partial charge in [0.2, 0.25) is 0 Å². The molecule has 0 saturated carbocycles. The van der Waals surface area contributed by atoms with Crippen LogP contribution in [0.1, 0.15) is 59.3 Å². The monoisotopic (exact) mass is 214 g/mol. The maximum Gasteiger partial charge on any atom is 0.00443 e. The van der Waals surface area contributed by atoms with Gasteiger partial charge in [-0.05, 0) is 38.4 Å². The lowest BCUT2D eigenvalue weighted by atomic mass is 10.1. The molecule has 84 valence electrons. The van der Waals surface area contributed by atoms with Crippen LogP contribution >= 0.6 is 11.8 Å². The summed E-state index contributed by atoms with van der Waals surface area (Å²) in [5.74, 6) is 1.27. The molecular weight excluding hydrogens is 188 g/mol. The molecule has 1 heteroatoms. The predicted molar refractivity (Wildman–Crippen MR) is 70.1 cm³/mol. The highest BCUT2D eigenvalue weighted by Crippen LogP contribution is 2.20. The topological polar surface area (TPSA) is 0 Å². The summed E-state index contributed by atoms with van der Waals surface area (Å²) in [6.07, 6.45) is 12.7. The van der Waals surface area contributed by atoms with Crippen molar-refractivity contribution in [1.29, 1.82) is 0 Å². The first-order valence-corrected chi connectivity index (χ1v) is 7.12. The molecule has 0 aromatic rings. The van der Waals surface area contributed by atoms with Gasteiger partial charge in [-0.25, -0.2) is 0 Å². The zero-order valence-corrected chi connectivity index (χ0v) is 10.9. The minimum atomic E-state index is 0.918. The predicted octanol–water partition coefficient (Wildman–Crippen LogP) is 5.04. The van der Waals surface area contributed by atoms with Crippen molar-refractivity contribution in [3.05, 3.63) is 12.2 Å². The second-order valence-electron chi connectivity index (χ2n) is 3.69. The van der Waals surface area contributed by atoms with E-state index in [1.165, 1.54) is 44.3 Å². The van der Waals surface area contributed by atoms with Gasteiger partial charge >= 0.3 is 0 Å². The first-order valence-electron chi connectivity index (χ1n) is 6.07.